The molecule has 0 heterocycles. The van der Waals surface area contributed by atoms with Crippen molar-refractivity contribution >= 4 is 5.78 Å². The fourth-order valence-electron chi connectivity index (χ4n) is 2.16. The topological polar surface area (TPSA) is 17.1 Å². The largest absolute Gasteiger partial charge is 0.300 e. The molecule has 0 aromatic heterocycles. The number of carbonyl (C=O) groups is 1. The zero-order valence-electron chi connectivity index (χ0n) is 8.52. The first-order valence-electron chi connectivity index (χ1n) is 5.08. The Bertz CT molecular complexity index is 170. The fourth-order valence-corrected chi connectivity index (χ4v) is 2.16. The summed E-state index contributed by atoms with van der Waals surface area (Å²) in [6.45, 7) is 6.81. The minimum atomic E-state index is 0.407. The zero-order valence-corrected chi connectivity index (χ0v) is 8.52. The summed E-state index contributed by atoms with van der Waals surface area (Å²) in [7, 11) is 0. The molecule has 1 aliphatic carbocycles. The lowest BCUT2D eigenvalue weighted by Gasteiger charge is -2.37. The van der Waals surface area contributed by atoms with E-state index >= 15 is 0 Å². The number of carbonyl (C=O) groups excluding carboxylic acids is 1. The smallest absolute Gasteiger partial charge is 0.133 e. The second-order valence-electron chi connectivity index (χ2n) is 4.72. The number of hydrogen-bond acceptors (Lipinski definition) is 1. The molecular formula is C11H20O. The monoisotopic (exact) mass is 168 g/mol. The molecule has 1 rings (SSSR count). The van der Waals surface area contributed by atoms with E-state index < -0.39 is 0 Å². The van der Waals surface area contributed by atoms with Crippen LogP contribution in [0.2, 0.25) is 0 Å². The minimum absolute atomic E-state index is 0.407. The summed E-state index contributed by atoms with van der Waals surface area (Å²) in [4.78, 5) is 11.2. The van der Waals surface area contributed by atoms with Crippen LogP contribution < -0.4 is 0 Å². The second-order valence-corrected chi connectivity index (χ2v) is 4.72. The van der Waals surface area contributed by atoms with Crippen molar-refractivity contribution in [1.82, 2.24) is 0 Å². The highest BCUT2D eigenvalue weighted by Gasteiger charge is 2.34. The molecule has 1 nitrogen and oxygen atoms in total. The molecule has 1 saturated carbocycles. The Hall–Kier alpha value is -0.330. The molecule has 1 heteroatoms. The molecule has 0 saturated heterocycles. The molecule has 0 aromatic carbocycles. The summed E-state index contributed by atoms with van der Waals surface area (Å²) < 4.78 is 0. The number of rotatable bonds is 2. The highest BCUT2D eigenvalue weighted by Crippen LogP contribution is 2.41. The molecule has 0 spiro atoms. The van der Waals surface area contributed by atoms with Crippen LogP contribution in [-0.2, 0) is 4.79 Å². The third-order valence-corrected chi connectivity index (χ3v) is 3.26. The first-order chi connectivity index (χ1) is 5.56. The first kappa shape index (κ1) is 9.76. The van der Waals surface area contributed by atoms with Crippen LogP contribution in [-0.4, -0.2) is 5.78 Å². The summed E-state index contributed by atoms with van der Waals surface area (Å²) in [6, 6.07) is 0. The van der Waals surface area contributed by atoms with Gasteiger partial charge in [-0.1, -0.05) is 27.2 Å². The number of ketones is 1. The quantitative estimate of drug-likeness (QED) is 0.619. The lowest BCUT2D eigenvalue weighted by molar-refractivity contribution is -0.124. The van der Waals surface area contributed by atoms with Crippen LogP contribution in [0.25, 0.3) is 0 Å². The van der Waals surface area contributed by atoms with Crippen LogP contribution in [0.1, 0.15) is 52.9 Å². The maximum atomic E-state index is 11.2. The number of hydrogen-bond donors (Lipinski definition) is 0. The maximum Gasteiger partial charge on any atom is 0.133 e. The van der Waals surface area contributed by atoms with Crippen molar-refractivity contribution in [3.05, 3.63) is 0 Å². The summed E-state index contributed by atoms with van der Waals surface area (Å²) in [5, 5.41) is 0. The Morgan fingerprint density at radius 2 is 2.17 bits per heavy atom. The summed E-state index contributed by atoms with van der Waals surface area (Å²) in [5.41, 5.74) is 0.407. The van der Waals surface area contributed by atoms with E-state index in [1.165, 1.54) is 12.8 Å². The van der Waals surface area contributed by atoms with Crippen LogP contribution in [0, 0.1) is 11.3 Å². The lowest BCUT2D eigenvalue weighted by Crippen LogP contribution is -2.31. The normalized spacial score (nSPS) is 28.9. The standard InChI is InChI=1S/C11H20O/c1-4-5-9-8-10(12)6-7-11(9,2)3/h9H,4-8H2,1-3H3. The molecule has 0 radical (unpaired) electrons. The van der Waals surface area contributed by atoms with Crippen LogP contribution in [0.15, 0.2) is 0 Å². The van der Waals surface area contributed by atoms with Crippen LogP contribution in [0.5, 0.6) is 0 Å². The van der Waals surface area contributed by atoms with Crippen LogP contribution >= 0.6 is 0 Å². The van der Waals surface area contributed by atoms with Gasteiger partial charge in [0.1, 0.15) is 5.78 Å². The van der Waals surface area contributed by atoms with Crippen LogP contribution in [0.4, 0.5) is 0 Å². The third kappa shape index (κ3) is 2.09. The molecule has 0 N–H and O–H groups in total. The highest BCUT2D eigenvalue weighted by molar-refractivity contribution is 5.79. The molecule has 1 aliphatic rings. The summed E-state index contributed by atoms with van der Waals surface area (Å²) >= 11 is 0. The average Bonchev–Trinajstić information content (AvgIpc) is 1.98. The van der Waals surface area contributed by atoms with Crippen molar-refractivity contribution in [3.8, 4) is 0 Å². The van der Waals surface area contributed by atoms with E-state index in [1.54, 1.807) is 0 Å². The van der Waals surface area contributed by atoms with Gasteiger partial charge in [0.15, 0.2) is 0 Å². The van der Waals surface area contributed by atoms with E-state index in [9.17, 15) is 4.79 Å². The molecule has 12 heavy (non-hydrogen) atoms. The van der Waals surface area contributed by atoms with E-state index in [4.69, 9.17) is 0 Å². The number of Topliss-reactive ketones (excluding diaryl/α,β-unsaturated/α-hetero) is 1. The van der Waals surface area contributed by atoms with Gasteiger partial charge in [0.05, 0.1) is 0 Å². The van der Waals surface area contributed by atoms with E-state index in [0.717, 1.165) is 19.3 Å². The van der Waals surface area contributed by atoms with Gasteiger partial charge in [-0.25, -0.2) is 0 Å². The van der Waals surface area contributed by atoms with E-state index in [-0.39, 0.29) is 0 Å². The van der Waals surface area contributed by atoms with Gasteiger partial charge in [0.2, 0.25) is 0 Å². The van der Waals surface area contributed by atoms with Gasteiger partial charge in [-0.2, -0.15) is 0 Å². The van der Waals surface area contributed by atoms with E-state index in [0.29, 0.717) is 17.1 Å². The highest BCUT2D eigenvalue weighted by atomic mass is 16.1. The zero-order chi connectivity index (χ0) is 9.19. The van der Waals surface area contributed by atoms with Crippen LogP contribution in [0.3, 0.4) is 0 Å². The van der Waals surface area contributed by atoms with Crippen molar-refractivity contribution in [3.63, 3.8) is 0 Å². The van der Waals surface area contributed by atoms with Crippen molar-refractivity contribution in [2.45, 2.75) is 52.9 Å². The molecule has 0 amide bonds. The average molecular weight is 168 g/mol. The predicted molar refractivity (Wildman–Crippen MR) is 51.0 cm³/mol. The Morgan fingerprint density at radius 3 is 2.75 bits per heavy atom. The van der Waals surface area contributed by atoms with Gasteiger partial charge in [0, 0.05) is 12.8 Å². The Balaban J connectivity index is 2.58. The fraction of sp³-hybridized carbons (Fsp3) is 0.909. The molecule has 70 valence electrons. The SMILES string of the molecule is CCCC1CC(=O)CCC1(C)C. The van der Waals surface area contributed by atoms with Gasteiger partial charge in [0.25, 0.3) is 0 Å². The molecule has 1 unspecified atom stereocenters. The predicted octanol–water partition coefficient (Wildman–Crippen LogP) is 3.18. The summed E-state index contributed by atoms with van der Waals surface area (Å²) in [5.74, 6) is 1.12. The van der Waals surface area contributed by atoms with Gasteiger partial charge in [-0.15, -0.1) is 0 Å². The van der Waals surface area contributed by atoms with Gasteiger partial charge in [-0.05, 0) is 24.2 Å². The Morgan fingerprint density at radius 1 is 1.50 bits per heavy atom. The maximum absolute atomic E-state index is 11.2. The molecule has 1 atom stereocenters. The summed E-state index contributed by atoms with van der Waals surface area (Å²) in [6.07, 6.45) is 5.17. The minimum Gasteiger partial charge on any atom is -0.300 e. The first-order valence-corrected chi connectivity index (χ1v) is 5.08. The lowest BCUT2D eigenvalue weighted by atomic mass is 9.67. The van der Waals surface area contributed by atoms with Crippen molar-refractivity contribution < 1.29 is 4.79 Å². The molecule has 0 bridgehead atoms. The van der Waals surface area contributed by atoms with Gasteiger partial charge >= 0.3 is 0 Å². The molecule has 0 aromatic rings. The molecular weight excluding hydrogens is 148 g/mol. The molecule has 1 fully saturated rings. The molecule has 0 aliphatic heterocycles. The van der Waals surface area contributed by atoms with E-state index in [1.807, 2.05) is 0 Å². The van der Waals surface area contributed by atoms with E-state index in [2.05, 4.69) is 20.8 Å². The van der Waals surface area contributed by atoms with Crippen molar-refractivity contribution in [2.75, 3.05) is 0 Å². The van der Waals surface area contributed by atoms with Crippen molar-refractivity contribution in [2.24, 2.45) is 11.3 Å². The van der Waals surface area contributed by atoms with Gasteiger partial charge < -0.3 is 0 Å². The Labute approximate surface area is 75.5 Å². The van der Waals surface area contributed by atoms with Gasteiger partial charge in [-0.3, -0.25) is 4.79 Å². The van der Waals surface area contributed by atoms with Crippen molar-refractivity contribution in [1.29, 1.82) is 0 Å². The Kier molecular flexibility index (Phi) is 2.92. The third-order valence-electron chi connectivity index (χ3n) is 3.26. The second kappa shape index (κ2) is 3.59.